The Kier molecular flexibility index (Phi) is 7.24. The van der Waals surface area contributed by atoms with Crippen LogP contribution in [0.15, 0.2) is 52.6 Å². The lowest BCUT2D eigenvalue weighted by Gasteiger charge is -2.18. The molecule has 0 radical (unpaired) electrons. The number of pyridine rings is 1. The van der Waals surface area contributed by atoms with Crippen LogP contribution >= 0.6 is 0 Å². The second kappa shape index (κ2) is 9.43. The van der Waals surface area contributed by atoms with E-state index in [0.717, 1.165) is 5.56 Å². The van der Waals surface area contributed by atoms with Crippen LogP contribution in [0.25, 0.3) is 0 Å². The summed E-state index contributed by atoms with van der Waals surface area (Å²) in [5, 5.41) is 7.00. The van der Waals surface area contributed by atoms with Gasteiger partial charge in [0.2, 0.25) is 15.9 Å². The van der Waals surface area contributed by atoms with E-state index in [1.54, 1.807) is 26.0 Å². The number of aromatic nitrogens is 1. The first-order valence-electron chi connectivity index (χ1n) is 8.92. The highest BCUT2D eigenvalue weighted by Gasteiger charge is 2.21. The Hall–Kier alpha value is -2.78. The maximum Gasteiger partial charge on any atom is 0.244 e. The van der Waals surface area contributed by atoms with Gasteiger partial charge >= 0.3 is 0 Å². The van der Waals surface area contributed by atoms with Crippen molar-refractivity contribution in [2.45, 2.75) is 32.6 Å². The summed E-state index contributed by atoms with van der Waals surface area (Å²) in [6.45, 7) is 7.66. The zero-order valence-electron chi connectivity index (χ0n) is 16.4. The zero-order chi connectivity index (χ0) is 20.7. The Morgan fingerprint density at radius 1 is 1.14 bits per heavy atom. The predicted molar refractivity (Wildman–Crippen MR) is 111 cm³/mol. The summed E-state index contributed by atoms with van der Waals surface area (Å²) in [4.78, 5) is 15.5. The number of rotatable bonds is 8. The summed E-state index contributed by atoms with van der Waals surface area (Å²) < 4.78 is 26.3. The molecule has 0 spiro atoms. The van der Waals surface area contributed by atoms with Crippen LogP contribution in [0.4, 0.5) is 11.5 Å². The number of amides is 1. The molecule has 1 aromatic carbocycles. The van der Waals surface area contributed by atoms with E-state index in [-0.39, 0.29) is 10.8 Å². The maximum atomic E-state index is 12.5. The van der Waals surface area contributed by atoms with Crippen LogP contribution < -0.4 is 10.7 Å². The summed E-state index contributed by atoms with van der Waals surface area (Å²) in [5.74, 6) is 0.282. The Labute approximate surface area is 165 Å². The molecule has 0 saturated heterocycles. The van der Waals surface area contributed by atoms with Crippen LogP contribution in [0.3, 0.4) is 0 Å². The van der Waals surface area contributed by atoms with Gasteiger partial charge in [0.05, 0.1) is 5.71 Å². The number of sulfonamides is 1. The average molecular weight is 404 g/mol. The molecule has 0 saturated carbocycles. The van der Waals surface area contributed by atoms with Crippen molar-refractivity contribution < 1.29 is 13.2 Å². The lowest BCUT2D eigenvalue weighted by molar-refractivity contribution is -0.114. The summed E-state index contributed by atoms with van der Waals surface area (Å²) in [6, 6.07) is 10.4. The lowest BCUT2D eigenvalue weighted by Crippen LogP contribution is -2.30. The van der Waals surface area contributed by atoms with Crippen LogP contribution in [0.1, 0.15) is 33.3 Å². The van der Waals surface area contributed by atoms with E-state index < -0.39 is 10.0 Å². The summed E-state index contributed by atoms with van der Waals surface area (Å²) in [7, 11) is -3.53. The quantitative estimate of drug-likeness (QED) is 0.521. The molecule has 150 valence electrons. The van der Waals surface area contributed by atoms with Gasteiger partial charge in [-0.25, -0.2) is 13.4 Å². The monoisotopic (exact) mass is 403 g/mol. The van der Waals surface area contributed by atoms with Crippen molar-refractivity contribution in [3.05, 3.63) is 48.2 Å². The van der Waals surface area contributed by atoms with Gasteiger partial charge in [0.25, 0.3) is 0 Å². The molecule has 1 aromatic heterocycles. The topological polar surface area (TPSA) is 104 Å². The molecule has 9 heteroatoms. The number of benzene rings is 1. The molecule has 0 unspecified atom stereocenters. The first-order valence-corrected chi connectivity index (χ1v) is 10.4. The minimum atomic E-state index is -3.53. The molecule has 2 aromatic rings. The van der Waals surface area contributed by atoms with E-state index in [4.69, 9.17) is 0 Å². The Morgan fingerprint density at radius 3 is 2.43 bits per heavy atom. The molecule has 2 N–H and O–H groups in total. The molecule has 0 bridgehead atoms. The number of hydrazone groups is 1. The smallest absolute Gasteiger partial charge is 0.244 e. The van der Waals surface area contributed by atoms with E-state index >= 15 is 0 Å². The third-order valence-electron chi connectivity index (χ3n) is 4.02. The van der Waals surface area contributed by atoms with Crippen molar-refractivity contribution in [3.8, 4) is 0 Å². The fourth-order valence-electron chi connectivity index (χ4n) is 2.54. The first-order chi connectivity index (χ1) is 13.3. The molecule has 1 amide bonds. The van der Waals surface area contributed by atoms with Crippen molar-refractivity contribution in [3.63, 3.8) is 0 Å². The summed E-state index contributed by atoms with van der Waals surface area (Å²) in [5.41, 5.74) is 5.03. The fourth-order valence-corrected chi connectivity index (χ4v) is 3.95. The van der Waals surface area contributed by atoms with Crippen molar-refractivity contribution >= 4 is 33.1 Å². The second-order valence-corrected chi connectivity index (χ2v) is 7.98. The SMILES string of the molecule is CCN(CC)S(=O)(=O)c1ccc(N/N=C(/C)c2cccc(NC(C)=O)c2)nc1. The van der Waals surface area contributed by atoms with Gasteiger partial charge in [-0.1, -0.05) is 26.0 Å². The molecule has 0 aliphatic heterocycles. The number of anilines is 2. The van der Waals surface area contributed by atoms with Gasteiger partial charge in [0.15, 0.2) is 0 Å². The van der Waals surface area contributed by atoms with Crippen molar-refractivity contribution in [2.75, 3.05) is 23.8 Å². The van der Waals surface area contributed by atoms with Gasteiger partial charge in [-0.3, -0.25) is 10.2 Å². The Bertz CT molecular complexity index is 952. The largest absolute Gasteiger partial charge is 0.326 e. The standard InChI is InChI=1S/C19H25N5O3S/c1-5-24(6-2)28(26,27)18-10-11-19(20-13-18)23-22-14(3)16-8-7-9-17(12-16)21-15(4)25/h7-13H,5-6H2,1-4H3,(H,20,23)(H,21,25)/b22-14-. The number of hydrogen-bond donors (Lipinski definition) is 2. The van der Waals surface area contributed by atoms with E-state index in [9.17, 15) is 13.2 Å². The highest BCUT2D eigenvalue weighted by molar-refractivity contribution is 7.89. The molecule has 1 heterocycles. The van der Waals surface area contributed by atoms with Gasteiger partial charge in [0, 0.05) is 31.9 Å². The number of hydrogen-bond acceptors (Lipinski definition) is 6. The second-order valence-electron chi connectivity index (χ2n) is 6.04. The molecule has 0 aliphatic rings. The molecule has 28 heavy (non-hydrogen) atoms. The highest BCUT2D eigenvalue weighted by Crippen LogP contribution is 2.16. The third-order valence-corrected chi connectivity index (χ3v) is 6.05. The van der Waals surface area contributed by atoms with Crippen molar-refractivity contribution in [1.29, 1.82) is 0 Å². The number of nitrogens with zero attached hydrogens (tertiary/aromatic N) is 3. The predicted octanol–water partition coefficient (Wildman–Crippen LogP) is 2.91. The first kappa shape index (κ1) is 21.5. The number of nitrogens with one attached hydrogen (secondary N) is 2. The fraction of sp³-hybridized carbons (Fsp3) is 0.316. The van der Waals surface area contributed by atoms with Crippen molar-refractivity contribution in [1.82, 2.24) is 9.29 Å². The Balaban J connectivity index is 2.13. The van der Waals surface area contributed by atoms with E-state index in [1.807, 2.05) is 25.1 Å². The summed E-state index contributed by atoms with van der Waals surface area (Å²) in [6.07, 6.45) is 1.32. The van der Waals surface area contributed by atoms with Gasteiger partial charge < -0.3 is 5.32 Å². The lowest BCUT2D eigenvalue weighted by atomic mass is 10.1. The van der Waals surface area contributed by atoms with E-state index in [0.29, 0.717) is 30.3 Å². The Morgan fingerprint density at radius 2 is 1.86 bits per heavy atom. The molecule has 2 rings (SSSR count). The van der Waals surface area contributed by atoms with Gasteiger partial charge in [0.1, 0.15) is 10.7 Å². The van der Waals surface area contributed by atoms with E-state index in [2.05, 4.69) is 20.8 Å². The molecule has 0 atom stereocenters. The molecular formula is C19H25N5O3S. The van der Waals surface area contributed by atoms with Crippen molar-refractivity contribution in [2.24, 2.45) is 5.10 Å². The van der Waals surface area contributed by atoms with Crippen LogP contribution in [-0.4, -0.2) is 42.4 Å². The third kappa shape index (κ3) is 5.37. The minimum Gasteiger partial charge on any atom is -0.326 e. The van der Waals surface area contributed by atoms with Gasteiger partial charge in [-0.2, -0.15) is 9.41 Å². The highest BCUT2D eigenvalue weighted by atomic mass is 32.2. The molecule has 0 aliphatic carbocycles. The molecular weight excluding hydrogens is 378 g/mol. The molecule has 0 fully saturated rings. The maximum absolute atomic E-state index is 12.5. The van der Waals surface area contributed by atoms with Crippen LogP contribution in [0, 0.1) is 0 Å². The van der Waals surface area contributed by atoms with Crippen LogP contribution in [-0.2, 0) is 14.8 Å². The van der Waals surface area contributed by atoms with Gasteiger partial charge in [-0.15, -0.1) is 0 Å². The zero-order valence-corrected chi connectivity index (χ0v) is 17.2. The summed E-state index contributed by atoms with van der Waals surface area (Å²) >= 11 is 0. The average Bonchev–Trinajstić information content (AvgIpc) is 2.67. The number of carbonyl (C=O) groups excluding carboxylic acids is 1. The van der Waals surface area contributed by atoms with Crippen LogP contribution in [0.2, 0.25) is 0 Å². The number of carbonyl (C=O) groups is 1. The van der Waals surface area contributed by atoms with E-state index in [1.165, 1.54) is 23.5 Å². The normalized spacial score (nSPS) is 12.1. The van der Waals surface area contributed by atoms with Gasteiger partial charge in [-0.05, 0) is 36.8 Å². The van der Waals surface area contributed by atoms with Crippen LogP contribution in [0.5, 0.6) is 0 Å². The molecule has 8 nitrogen and oxygen atoms in total. The minimum absolute atomic E-state index is 0.144.